The fourth-order valence-corrected chi connectivity index (χ4v) is 5.57. The van der Waals surface area contributed by atoms with Gasteiger partial charge in [-0.3, -0.25) is 0 Å². The number of hydrogen-bond acceptors (Lipinski definition) is 2. The Morgan fingerprint density at radius 2 is 0.733 bits per heavy atom. The fraction of sp³-hybridized carbons (Fsp3) is 1.00. The Morgan fingerprint density at radius 1 is 0.533 bits per heavy atom. The second kappa shape index (κ2) is 6.92. The summed E-state index contributed by atoms with van der Waals surface area (Å²) in [5.41, 5.74) is 0. The van der Waals surface area contributed by atoms with Crippen molar-refractivity contribution in [2.45, 2.75) is 79.6 Å². The molecule has 0 aliphatic rings. The summed E-state index contributed by atoms with van der Waals surface area (Å²) < 4.78 is 5.46. The molecule has 0 spiro atoms. The van der Waals surface area contributed by atoms with Gasteiger partial charge >= 0.3 is 103 Å². The summed E-state index contributed by atoms with van der Waals surface area (Å²) in [5, 5.41) is 0. The minimum absolute atomic E-state index is 0.699. The Morgan fingerprint density at radius 3 is 0.867 bits per heavy atom. The quantitative estimate of drug-likeness (QED) is 0.686. The van der Waals surface area contributed by atoms with Crippen LogP contribution in [0.25, 0.3) is 0 Å². The SMILES string of the molecule is CC(C)[N]([GeH2][N](C(C)C)C(C)C)C(C)C. The van der Waals surface area contributed by atoms with Crippen molar-refractivity contribution in [3.05, 3.63) is 0 Å². The first kappa shape index (κ1) is 15.5. The molecule has 0 N–H and O–H groups in total. The van der Waals surface area contributed by atoms with E-state index in [0.717, 1.165) is 0 Å². The molecule has 0 aromatic heterocycles. The van der Waals surface area contributed by atoms with Crippen LogP contribution >= 0.6 is 0 Å². The van der Waals surface area contributed by atoms with Crippen molar-refractivity contribution >= 4 is 15.9 Å². The van der Waals surface area contributed by atoms with Crippen molar-refractivity contribution in [2.75, 3.05) is 0 Å². The average molecular weight is 275 g/mol. The Labute approximate surface area is 103 Å². The minimum atomic E-state index is -0.759. The summed E-state index contributed by atoms with van der Waals surface area (Å²) in [6.07, 6.45) is 0. The van der Waals surface area contributed by atoms with Gasteiger partial charge in [-0.15, -0.1) is 0 Å². The van der Waals surface area contributed by atoms with Crippen molar-refractivity contribution < 1.29 is 0 Å². The van der Waals surface area contributed by atoms with Gasteiger partial charge < -0.3 is 0 Å². The molecule has 0 atom stereocenters. The Balaban J connectivity index is 4.48. The van der Waals surface area contributed by atoms with Gasteiger partial charge in [-0.2, -0.15) is 0 Å². The molecule has 0 aromatic carbocycles. The van der Waals surface area contributed by atoms with Gasteiger partial charge in [0, 0.05) is 0 Å². The van der Waals surface area contributed by atoms with E-state index in [2.05, 4.69) is 63.1 Å². The molecule has 0 saturated carbocycles. The molecule has 0 aliphatic heterocycles. The number of nitrogens with zero attached hydrogens (tertiary/aromatic N) is 2. The van der Waals surface area contributed by atoms with Crippen LogP contribution in [0.15, 0.2) is 0 Å². The molecule has 15 heavy (non-hydrogen) atoms. The van der Waals surface area contributed by atoms with E-state index in [1.54, 1.807) is 0 Å². The molecule has 0 rings (SSSR count). The molecule has 3 heteroatoms. The average Bonchev–Trinajstić information content (AvgIpc) is 2.01. The van der Waals surface area contributed by atoms with Gasteiger partial charge in [-0.1, -0.05) is 0 Å². The van der Waals surface area contributed by atoms with Gasteiger partial charge in [-0.05, 0) is 0 Å². The van der Waals surface area contributed by atoms with Crippen LogP contribution in [0.3, 0.4) is 0 Å². The molecule has 0 radical (unpaired) electrons. The zero-order valence-corrected chi connectivity index (χ0v) is 14.9. The molecule has 0 aliphatic carbocycles. The Kier molecular flexibility index (Phi) is 7.13. The van der Waals surface area contributed by atoms with Crippen molar-refractivity contribution in [2.24, 2.45) is 0 Å². The molecule has 0 amide bonds. The van der Waals surface area contributed by atoms with E-state index in [0.29, 0.717) is 24.2 Å². The van der Waals surface area contributed by atoms with E-state index < -0.39 is 15.9 Å². The van der Waals surface area contributed by atoms with Crippen molar-refractivity contribution in [3.8, 4) is 0 Å². The zero-order chi connectivity index (χ0) is 12.2. The molecule has 92 valence electrons. The molecular formula is C12H30GeN2. The van der Waals surface area contributed by atoms with E-state index >= 15 is 0 Å². The molecule has 0 aromatic rings. The van der Waals surface area contributed by atoms with Gasteiger partial charge in [0.1, 0.15) is 0 Å². The first-order valence-electron chi connectivity index (χ1n) is 6.28. The van der Waals surface area contributed by atoms with Crippen LogP contribution in [0, 0.1) is 0 Å². The molecule has 0 bridgehead atoms. The first-order chi connectivity index (χ1) is 6.77. The number of hydrogen-bond donors (Lipinski definition) is 0. The van der Waals surface area contributed by atoms with E-state index in [-0.39, 0.29) is 0 Å². The maximum absolute atomic E-state index is 2.73. The molecule has 0 unspecified atom stereocenters. The van der Waals surface area contributed by atoms with Gasteiger partial charge in [0.2, 0.25) is 0 Å². The van der Waals surface area contributed by atoms with Gasteiger partial charge in [0.05, 0.1) is 0 Å². The molecule has 0 heterocycles. The third kappa shape index (κ3) is 5.36. The van der Waals surface area contributed by atoms with E-state index in [1.807, 2.05) is 0 Å². The second-order valence-corrected chi connectivity index (χ2v) is 9.20. The van der Waals surface area contributed by atoms with Crippen LogP contribution in [-0.2, 0) is 0 Å². The maximum atomic E-state index is 2.73. The summed E-state index contributed by atoms with van der Waals surface area (Å²) in [6.45, 7) is 18.6. The van der Waals surface area contributed by atoms with Crippen LogP contribution in [0.4, 0.5) is 0 Å². The normalized spacial score (nSPS) is 13.2. The summed E-state index contributed by atoms with van der Waals surface area (Å²) >= 11 is -0.759. The molecule has 0 saturated heterocycles. The van der Waals surface area contributed by atoms with Crippen molar-refractivity contribution in [1.29, 1.82) is 0 Å². The van der Waals surface area contributed by atoms with E-state index in [1.165, 1.54) is 0 Å². The molecular weight excluding hydrogens is 245 g/mol. The van der Waals surface area contributed by atoms with Gasteiger partial charge in [0.25, 0.3) is 0 Å². The molecule has 0 fully saturated rings. The summed E-state index contributed by atoms with van der Waals surface area (Å²) in [4.78, 5) is 0. The predicted molar refractivity (Wildman–Crippen MR) is 72.8 cm³/mol. The Hall–Kier alpha value is 0.463. The summed E-state index contributed by atoms with van der Waals surface area (Å²) in [6, 6.07) is 2.80. The van der Waals surface area contributed by atoms with Gasteiger partial charge in [0.15, 0.2) is 0 Å². The zero-order valence-electron chi connectivity index (χ0n) is 11.9. The van der Waals surface area contributed by atoms with Crippen molar-refractivity contribution in [1.82, 2.24) is 7.71 Å². The summed E-state index contributed by atoms with van der Waals surface area (Å²) in [5.74, 6) is 0. The number of rotatable bonds is 6. The summed E-state index contributed by atoms with van der Waals surface area (Å²) in [7, 11) is 0. The van der Waals surface area contributed by atoms with E-state index in [4.69, 9.17) is 0 Å². The second-order valence-electron chi connectivity index (χ2n) is 5.54. The van der Waals surface area contributed by atoms with Crippen LogP contribution in [0.1, 0.15) is 55.4 Å². The van der Waals surface area contributed by atoms with E-state index in [9.17, 15) is 0 Å². The van der Waals surface area contributed by atoms with Crippen LogP contribution < -0.4 is 0 Å². The topological polar surface area (TPSA) is 6.48 Å². The first-order valence-corrected chi connectivity index (χ1v) is 8.94. The third-order valence-electron chi connectivity index (χ3n) is 2.98. The van der Waals surface area contributed by atoms with Crippen LogP contribution in [0.5, 0.6) is 0 Å². The standard InChI is InChI=1S/C12H30GeN2/c1-9(2)14(10(3)4)13-15(11(5)6)12(7)8/h9-12H,13H2,1-8H3. The monoisotopic (exact) mass is 276 g/mol. The van der Waals surface area contributed by atoms with Crippen molar-refractivity contribution in [3.63, 3.8) is 0 Å². The van der Waals surface area contributed by atoms with Crippen LogP contribution in [-0.4, -0.2) is 47.8 Å². The molecule has 2 nitrogen and oxygen atoms in total. The van der Waals surface area contributed by atoms with Gasteiger partial charge in [-0.25, -0.2) is 0 Å². The third-order valence-corrected chi connectivity index (χ3v) is 10.5. The Bertz CT molecular complexity index is 133. The predicted octanol–water partition coefficient (Wildman–Crippen LogP) is 2.22. The fourth-order valence-electron chi connectivity index (χ4n) is 2.03. The van der Waals surface area contributed by atoms with Crippen LogP contribution in [0.2, 0.25) is 0 Å².